The monoisotopic (exact) mass is 272 g/mol. The van der Waals surface area contributed by atoms with E-state index >= 15 is 0 Å². The molecule has 0 saturated carbocycles. The number of anilines is 1. The van der Waals surface area contributed by atoms with Crippen LogP contribution in [0.5, 0.6) is 0 Å². The Balaban J connectivity index is 2.13. The summed E-state index contributed by atoms with van der Waals surface area (Å²) in [6, 6.07) is 10.6. The molecule has 0 heterocycles. The third-order valence-electron chi connectivity index (χ3n) is 3.06. The maximum absolute atomic E-state index is 13.9. The lowest BCUT2D eigenvalue weighted by atomic mass is 10.1. The fraction of sp³-hybridized carbons (Fsp3) is 0.188. The Morgan fingerprint density at radius 3 is 2.70 bits per heavy atom. The molecule has 2 rings (SSSR count). The van der Waals surface area contributed by atoms with Crippen molar-refractivity contribution in [3.05, 3.63) is 64.5 Å². The number of nitrogen functional groups attached to an aromatic ring is 1. The lowest BCUT2D eigenvalue weighted by Crippen LogP contribution is -2.24. The van der Waals surface area contributed by atoms with Gasteiger partial charge in [0.25, 0.3) is 5.91 Å². The molecule has 4 heteroatoms. The van der Waals surface area contributed by atoms with E-state index in [1.54, 1.807) is 6.92 Å². The van der Waals surface area contributed by atoms with Gasteiger partial charge >= 0.3 is 0 Å². The number of aryl methyl sites for hydroxylation is 2. The van der Waals surface area contributed by atoms with Crippen molar-refractivity contribution in [2.24, 2.45) is 0 Å². The molecule has 3 nitrogen and oxygen atoms in total. The number of nitrogens with one attached hydrogen (secondary N) is 1. The maximum Gasteiger partial charge on any atom is 0.254 e. The summed E-state index contributed by atoms with van der Waals surface area (Å²) in [6.07, 6.45) is 0. The molecule has 20 heavy (non-hydrogen) atoms. The third-order valence-corrected chi connectivity index (χ3v) is 3.06. The molecule has 0 aromatic heterocycles. The van der Waals surface area contributed by atoms with E-state index in [-0.39, 0.29) is 5.56 Å². The molecular formula is C16H17FN2O. The highest BCUT2D eigenvalue weighted by Gasteiger charge is 2.14. The Labute approximate surface area is 117 Å². The van der Waals surface area contributed by atoms with Crippen LogP contribution < -0.4 is 11.1 Å². The van der Waals surface area contributed by atoms with Gasteiger partial charge in [0.2, 0.25) is 0 Å². The lowest BCUT2D eigenvalue weighted by molar-refractivity contribution is 0.0946. The standard InChI is InChI=1S/C16H17FN2O/c1-10-4-3-5-12(6-10)9-19-16(20)14-8-13(18)7-11(2)15(14)17/h3-8H,9,18H2,1-2H3,(H,19,20). The van der Waals surface area contributed by atoms with Crippen LogP contribution in [0.4, 0.5) is 10.1 Å². The molecule has 0 aliphatic rings. The van der Waals surface area contributed by atoms with E-state index in [4.69, 9.17) is 5.73 Å². The van der Waals surface area contributed by atoms with E-state index < -0.39 is 11.7 Å². The van der Waals surface area contributed by atoms with Crippen molar-refractivity contribution in [3.63, 3.8) is 0 Å². The Morgan fingerprint density at radius 1 is 1.25 bits per heavy atom. The second-order valence-electron chi connectivity index (χ2n) is 4.87. The number of carbonyl (C=O) groups excluding carboxylic acids is 1. The third kappa shape index (κ3) is 3.15. The van der Waals surface area contributed by atoms with Crippen LogP contribution in [0.25, 0.3) is 0 Å². The average Bonchev–Trinajstić information content (AvgIpc) is 2.40. The molecule has 0 aliphatic heterocycles. The van der Waals surface area contributed by atoms with Crippen LogP contribution in [0.15, 0.2) is 36.4 Å². The van der Waals surface area contributed by atoms with Crippen molar-refractivity contribution in [3.8, 4) is 0 Å². The van der Waals surface area contributed by atoms with Crippen LogP contribution >= 0.6 is 0 Å². The van der Waals surface area contributed by atoms with Crippen LogP contribution in [0.1, 0.15) is 27.0 Å². The normalized spacial score (nSPS) is 10.3. The summed E-state index contributed by atoms with van der Waals surface area (Å²) in [6.45, 7) is 3.92. The Hall–Kier alpha value is -2.36. The van der Waals surface area contributed by atoms with Crippen molar-refractivity contribution in [1.82, 2.24) is 5.32 Å². The van der Waals surface area contributed by atoms with Crippen LogP contribution in [0.2, 0.25) is 0 Å². The van der Waals surface area contributed by atoms with Crippen LogP contribution in [0.3, 0.4) is 0 Å². The van der Waals surface area contributed by atoms with Gasteiger partial charge in [-0.15, -0.1) is 0 Å². The highest BCUT2D eigenvalue weighted by Crippen LogP contribution is 2.17. The van der Waals surface area contributed by atoms with Gasteiger partial charge in [0, 0.05) is 12.2 Å². The zero-order valence-electron chi connectivity index (χ0n) is 11.5. The zero-order valence-corrected chi connectivity index (χ0v) is 11.5. The van der Waals surface area contributed by atoms with Crippen molar-refractivity contribution < 1.29 is 9.18 Å². The highest BCUT2D eigenvalue weighted by molar-refractivity contribution is 5.95. The molecule has 0 saturated heterocycles. The first-order chi connectivity index (χ1) is 9.47. The lowest BCUT2D eigenvalue weighted by Gasteiger charge is -2.09. The first-order valence-electron chi connectivity index (χ1n) is 6.36. The topological polar surface area (TPSA) is 55.1 Å². The predicted molar refractivity (Wildman–Crippen MR) is 77.9 cm³/mol. The number of halogens is 1. The quantitative estimate of drug-likeness (QED) is 0.844. The molecule has 1 amide bonds. The van der Waals surface area contributed by atoms with Gasteiger partial charge in [0.05, 0.1) is 5.56 Å². The summed E-state index contributed by atoms with van der Waals surface area (Å²) in [5, 5.41) is 2.70. The number of hydrogen-bond donors (Lipinski definition) is 2. The van der Waals surface area contributed by atoms with Crippen molar-refractivity contribution in [2.75, 3.05) is 5.73 Å². The summed E-state index contributed by atoms with van der Waals surface area (Å²) in [5.41, 5.74) is 8.46. The summed E-state index contributed by atoms with van der Waals surface area (Å²) in [7, 11) is 0. The number of rotatable bonds is 3. The minimum Gasteiger partial charge on any atom is -0.399 e. The van der Waals surface area contributed by atoms with E-state index in [2.05, 4.69) is 5.32 Å². The smallest absolute Gasteiger partial charge is 0.254 e. The molecule has 0 bridgehead atoms. The van der Waals surface area contributed by atoms with Crippen LogP contribution in [-0.4, -0.2) is 5.91 Å². The molecule has 0 radical (unpaired) electrons. The molecule has 104 valence electrons. The van der Waals surface area contributed by atoms with Crippen LogP contribution in [-0.2, 0) is 6.54 Å². The van der Waals surface area contributed by atoms with E-state index in [0.29, 0.717) is 17.8 Å². The number of benzene rings is 2. The first kappa shape index (κ1) is 14.1. The highest BCUT2D eigenvalue weighted by atomic mass is 19.1. The van der Waals surface area contributed by atoms with Gasteiger partial charge in [0.1, 0.15) is 5.82 Å². The SMILES string of the molecule is Cc1cccc(CNC(=O)c2cc(N)cc(C)c2F)c1. The van der Waals surface area contributed by atoms with Gasteiger partial charge in [-0.25, -0.2) is 4.39 Å². The van der Waals surface area contributed by atoms with E-state index in [1.807, 2.05) is 31.2 Å². The Bertz CT molecular complexity index is 653. The Kier molecular flexibility index (Phi) is 4.03. The van der Waals surface area contributed by atoms with Crippen molar-refractivity contribution in [1.29, 1.82) is 0 Å². The van der Waals surface area contributed by atoms with Gasteiger partial charge in [-0.3, -0.25) is 4.79 Å². The second-order valence-corrected chi connectivity index (χ2v) is 4.87. The number of carbonyl (C=O) groups is 1. The molecule has 0 spiro atoms. The molecule has 0 aliphatic carbocycles. The predicted octanol–water partition coefficient (Wildman–Crippen LogP) is 2.95. The van der Waals surface area contributed by atoms with Gasteiger partial charge in [0.15, 0.2) is 0 Å². The fourth-order valence-electron chi connectivity index (χ4n) is 2.06. The van der Waals surface area contributed by atoms with Crippen LogP contribution in [0, 0.1) is 19.7 Å². The summed E-state index contributed by atoms with van der Waals surface area (Å²) >= 11 is 0. The van der Waals surface area contributed by atoms with Crippen molar-refractivity contribution in [2.45, 2.75) is 20.4 Å². The van der Waals surface area contributed by atoms with E-state index in [1.165, 1.54) is 12.1 Å². The average molecular weight is 272 g/mol. The summed E-state index contributed by atoms with van der Waals surface area (Å²) < 4.78 is 13.9. The summed E-state index contributed by atoms with van der Waals surface area (Å²) in [4.78, 5) is 12.0. The first-order valence-corrected chi connectivity index (χ1v) is 6.36. The Morgan fingerprint density at radius 2 is 2.00 bits per heavy atom. The zero-order chi connectivity index (χ0) is 14.7. The second kappa shape index (κ2) is 5.74. The number of amides is 1. The van der Waals surface area contributed by atoms with Gasteiger partial charge < -0.3 is 11.1 Å². The van der Waals surface area contributed by atoms with Gasteiger partial charge in [-0.05, 0) is 37.1 Å². The largest absolute Gasteiger partial charge is 0.399 e. The minimum atomic E-state index is -0.527. The molecule has 0 unspecified atom stereocenters. The minimum absolute atomic E-state index is 0.0184. The summed E-state index contributed by atoms with van der Waals surface area (Å²) in [5.74, 6) is -0.986. The molecule has 2 aromatic carbocycles. The van der Waals surface area contributed by atoms with Gasteiger partial charge in [-0.2, -0.15) is 0 Å². The molecule has 0 fully saturated rings. The van der Waals surface area contributed by atoms with Crippen molar-refractivity contribution >= 4 is 11.6 Å². The van der Waals surface area contributed by atoms with E-state index in [0.717, 1.165) is 11.1 Å². The molecule has 3 N–H and O–H groups in total. The molecule has 0 atom stereocenters. The number of hydrogen-bond acceptors (Lipinski definition) is 2. The molecular weight excluding hydrogens is 255 g/mol. The number of nitrogens with two attached hydrogens (primary N) is 1. The fourth-order valence-corrected chi connectivity index (χ4v) is 2.06. The maximum atomic E-state index is 13.9. The van der Waals surface area contributed by atoms with E-state index in [9.17, 15) is 9.18 Å². The molecule has 2 aromatic rings. The van der Waals surface area contributed by atoms with Gasteiger partial charge in [-0.1, -0.05) is 29.8 Å².